The third-order valence-electron chi connectivity index (χ3n) is 5.13. The summed E-state index contributed by atoms with van der Waals surface area (Å²) in [4.78, 5) is 28.2. The molecule has 0 saturated carbocycles. The van der Waals surface area contributed by atoms with Crippen molar-refractivity contribution in [2.45, 2.75) is 5.92 Å². The minimum Gasteiger partial charge on any atom is -0.315 e. The molecule has 4 heteroatoms. The average molecular weight is 376 g/mol. The largest absolute Gasteiger partial charge is 0.315 e. The molecule has 4 rings (SSSR count). The van der Waals surface area contributed by atoms with Crippen molar-refractivity contribution < 1.29 is 9.59 Å². The van der Waals surface area contributed by atoms with Crippen LogP contribution in [0.3, 0.4) is 0 Å². The maximum Gasteiger partial charge on any atom is 0.238 e. The Bertz CT molecular complexity index is 998. The van der Waals surface area contributed by atoms with Gasteiger partial charge in [0.05, 0.1) is 0 Å². The second kappa shape index (κ2) is 7.01. The molecule has 1 heterocycles. The van der Waals surface area contributed by atoms with Crippen molar-refractivity contribution in [1.29, 1.82) is 0 Å². The summed E-state index contributed by atoms with van der Waals surface area (Å²) in [6, 6.07) is 24.2. The fraction of sp³-hybridized carbons (Fsp3) is 0.130. The predicted molar refractivity (Wildman–Crippen MR) is 107 cm³/mol. The van der Waals surface area contributed by atoms with Crippen LogP contribution in [-0.4, -0.2) is 18.7 Å². The van der Waals surface area contributed by atoms with E-state index in [0.717, 1.165) is 16.8 Å². The molecule has 3 nitrogen and oxygen atoms in total. The highest BCUT2D eigenvalue weighted by Crippen LogP contribution is 2.43. The van der Waals surface area contributed by atoms with Crippen molar-refractivity contribution in [1.82, 2.24) is 0 Å². The second-order valence-corrected chi connectivity index (χ2v) is 7.13. The van der Waals surface area contributed by atoms with Gasteiger partial charge in [0.2, 0.25) is 5.91 Å². The van der Waals surface area contributed by atoms with Crippen LogP contribution in [0.4, 0.5) is 5.69 Å². The number of benzene rings is 3. The molecule has 134 valence electrons. The van der Waals surface area contributed by atoms with E-state index in [1.54, 1.807) is 36.2 Å². The fourth-order valence-electron chi connectivity index (χ4n) is 3.80. The quantitative estimate of drug-likeness (QED) is 0.480. The third-order valence-corrected chi connectivity index (χ3v) is 5.39. The Morgan fingerprint density at radius 2 is 1.52 bits per heavy atom. The lowest BCUT2D eigenvalue weighted by Gasteiger charge is -2.37. The Morgan fingerprint density at radius 3 is 2.22 bits per heavy atom. The van der Waals surface area contributed by atoms with Crippen molar-refractivity contribution in [3.8, 4) is 0 Å². The number of halogens is 1. The molecule has 0 aliphatic carbocycles. The van der Waals surface area contributed by atoms with E-state index in [0.29, 0.717) is 10.6 Å². The maximum atomic E-state index is 13.4. The zero-order valence-electron chi connectivity index (χ0n) is 14.8. The molecule has 0 bridgehead atoms. The molecule has 2 unspecified atom stereocenters. The highest BCUT2D eigenvalue weighted by molar-refractivity contribution is 6.30. The molecule has 0 radical (unpaired) electrons. The van der Waals surface area contributed by atoms with Gasteiger partial charge in [-0.3, -0.25) is 9.59 Å². The zero-order valence-corrected chi connectivity index (χ0v) is 15.6. The van der Waals surface area contributed by atoms with Crippen LogP contribution in [0, 0.1) is 5.92 Å². The van der Waals surface area contributed by atoms with Crippen molar-refractivity contribution in [3.63, 3.8) is 0 Å². The van der Waals surface area contributed by atoms with Gasteiger partial charge in [0.25, 0.3) is 0 Å². The van der Waals surface area contributed by atoms with Gasteiger partial charge in [0, 0.05) is 29.2 Å². The first-order valence-corrected chi connectivity index (χ1v) is 9.17. The second-order valence-electron chi connectivity index (χ2n) is 6.69. The number of Topliss-reactive ketones (excluding diaryl/α,β-unsaturated/α-hetero) is 1. The lowest BCUT2D eigenvalue weighted by molar-refractivity contribution is -0.121. The van der Waals surface area contributed by atoms with E-state index in [-0.39, 0.29) is 17.6 Å². The molecule has 27 heavy (non-hydrogen) atoms. The summed E-state index contributed by atoms with van der Waals surface area (Å²) in [5.41, 5.74) is 3.28. The number of ketones is 1. The molecule has 0 N–H and O–H groups in total. The standard InChI is InChI=1S/C23H18ClNO2/c1-25-19-10-6-5-9-18(19)20(15-7-3-2-4-8-15)21(23(25)27)22(26)16-11-13-17(24)14-12-16/h2-14,20-21H,1H3. The van der Waals surface area contributed by atoms with Crippen LogP contribution in [0.25, 0.3) is 0 Å². The molecule has 1 aliphatic rings. The van der Waals surface area contributed by atoms with E-state index in [1.165, 1.54) is 0 Å². The van der Waals surface area contributed by atoms with Gasteiger partial charge in [-0.1, -0.05) is 60.1 Å². The lowest BCUT2D eigenvalue weighted by atomic mass is 9.73. The Labute approximate surface area is 163 Å². The number of hydrogen-bond acceptors (Lipinski definition) is 2. The first-order valence-electron chi connectivity index (χ1n) is 8.79. The zero-order chi connectivity index (χ0) is 19.0. The molecule has 3 aromatic carbocycles. The van der Waals surface area contributed by atoms with Crippen LogP contribution >= 0.6 is 11.6 Å². The Balaban J connectivity index is 1.89. The van der Waals surface area contributed by atoms with Crippen molar-refractivity contribution >= 4 is 29.0 Å². The number of nitrogens with zero attached hydrogens (tertiary/aromatic N) is 1. The Kier molecular flexibility index (Phi) is 4.54. The molecule has 0 saturated heterocycles. The third kappa shape index (κ3) is 3.04. The molecule has 3 aromatic rings. The smallest absolute Gasteiger partial charge is 0.238 e. The van der Waals surface area contributed by atoms with Crippen molar-refractivity contribution in [3.05, 3.63) is 101 Å². The number of para-hydroxylation sites is 1. The molecule has 1 amide bonds. The van der Waals surface area contributed by atoms with Gasteiger partial charge >= 0.3 is 0 Å². The summed E-state index contributed by atoms with van der Waals surface area (Å²) in [5.74, 6) is -1.52. The van der Waals surface area contributed by atoms with Crippen LogP contribution < -0.4 is 4.90 Å². The summed E-state index contributed by atoms with van der Waals surface area (Å²) in [7, 11) is 1.73. The average Bonchev–Trinajstić information content (AvgIpc) is 2.71. The highest BCUT2D eigenvalue weighted by Gasteiger charge is 2.44. The van der Waals surface area contributed by atoms with Gasteiger partial charge in [-0.15, -0.1) is 0 Å². The normalized spacial score (nSPS) is 18.9. The van der Waals surface area contributed by atoms with Crippen LogP contribution in [0.2, 0.25) is 5.02 Å². The van der Waals surface area contributed by atoms with Crippen LogP contribution in [0.5, 0.6) is 0 Å². The Morgan fingerprint density at radius 1 is 0.889 bits per heavy atom. The highest BCUT2D eigenvalue weighted by atomic mass is 35.5. The number of carbonyl (C=O) groups excluding carboxylic acids is 2. The van der Waals surface area contributed by atoms with Gasteiger partial charge < -0.3 is 4.90 Å². The van der Waals surface area contributed by atoms with Gasteiger partial charge in [-0.25, -0.2) is 0 Å². The fourth-order valence-corrected chi connectivity index (χ4v) is 3.92. The maximum absolute atomic E-state index is 13.4. The number of anilines is 1. The number of fused-ring (bicyclic) bond motifs is 1. The van der Waals surface area contributed by atoms with E-state index >= 15 is 0 Å². The topological polar surface area (TPSA) is 37.4 Å². The van der Waals surface area contributed by atoms with Crippen LogP contribution in [-0.2, 0) is 4.79 Å². The number of hydrogen-bond donors (Lipinski definition) is 0. The molecule has 0 aromatic heterocycles. The summed E-state index contributed by atoms with van der Waals surface area (Å²) < 4.78 is 0. The van der Waals surface area contributed by atoms with E-state index < -0.39 is 5.92 Å². The first kappa shape index (κ1) is 17.5. The van der Waals surface area contributed by atoms with E-state index in [1.807, 2.05) is 54.6 Å². The number of carbonyl (C=O) groups is 2. The molecule has 0 fully saturated rings. The van der Waals surface area contributed by atoms with Crippen molar-refractivity contribution in [2.75, 3.05) is 11.9 Å². The molecule has 0 spiro atoms. The molecular formula is C23H18ClNO2. The number of rotatable bonds is 3. The summed E-state index contributed by atoms with van der Waals surface area (Å²) in [6.07, 6.45) is 0. The van der Waals surface area contributed by atoms with E-state index in [9.17, 15) is 9.59 Å². The van der Waals surface area contributed by atoms with Crippen molar-refractivity contribution in [2.24, 2.45) is 5.92 Å². The molecular weight excluding hydrogens is 358 g/mol. The van der Waals surface area contributed by atoms with Gasteiger partial charge in [-0.2, -0.15) is 0 Å². The number of amides is 1. The summed E-state index contributed by atoms with van der Waals surface area (Å²) in [6.45, 7) is 0. The minimum atomic E-state index is -0.812. The minimum absolute atomic E-state index is 0.188. The predicted octanol–water partition coefficient (Wildman–Crippen LogP) is 4.95. The SMILES string of the molecule is CN1C(=O)C(C(=O)c2ccc(Cl)cc2)C(c2ccccc2)c2ccccc21. The van der Waals surface area contributed by atoms with Gasteiger partial charge in [0.1, 0.15) is 5.92 Å². The van der Waals surface area contributed by atoms with Crippen LogP contribution in [0.15, 0.2) is 78.9 Å². The monoisotopic (exact) mass is 375 g/mol. The summed E-state index contributed by atoms with van der Waals surface area (Å²) in [5, 5.41) is 0.559. The molecule has 1 aliphatic heterocycles. The van der Waals surface area contributed by atoms with E-state index in [4.69, 9.17) is 11.6 Å². The first-order chi connectivity index (χ1) is 13.1. The van der Waals surface area contributed by atoms with Crippen LogP contribution in [0.1, 0.15) is 27.4 Å². The Hall–Kier alpha value is -2.91. The lowest BCUT2D eigenvalue weighted by Crippen LogP contribution is -2.45. The van der Waals surface area contributed by atoms with Gasteiger partial charge in [-0.05, 0) is 41.5 Å². The van der Waals surface area contributed by atoms with E-state index in [2.05, 4.69) is 0 Å². The van der Waals surface area contributed by atoms with Gasteiger partial charge in [0.15, 0.2) is 5.78 Å². The molecule has 2 atom stereocenters. The summed E-state index contributed by atoms with van der Waals surface area (Å²) >= 11 is 5.96.